The number of rotatable bonds is 3. The molecule has 1 N–H and O–H groups in total. The number of carboxylic acid groups (broad SMARTS) is 1. The molecule has 0 aromatic rings. The summed E-state index contributed by atoms with van der Waals surface area (Å²) in [5.41, 5.74) is -0.658. The molecule has 0 radical (unpaired) electrons. The van der Waals surface area contributed by atoms with Crippen LogP contribution in [0.25, 0.3) is 0 Å². The first kappa shape index (κ1) is 9.45. The number of carbonyl (C=O) groups is 1. The van der Waals surface area contributed by atoms with Crippen LogP contribution in [0.1, 0.15) is 13.3 Å². The predicted molar refractivity (Wildman–Crippen MR) is 42.8 cm³/mol. The molecule has 70 valence electrons. The van der Waals surface area contributed by atoms with Gasteiger partial charge in [-0.15, -0.1) is 0 Å². The average Bonchev–Trinajstić information content (AvgIpc) is 2.34. The third-order valence-electron chi connectivity index (χ3n) is 2.47. The first-order chi connectivity index (χ1) is 5.58. The Balaban J connectivity index is 2.49. The van der Waals surface area contributed by atoms with E-state index in [0.717, 1.165) is 0 Å². The van der Waals surface area contributed by atoms with Crippen LogP contribution in [-0.2, 0) is 4.79 Å². The zero-order valence-electron chi connectivity index (χ0n) is 7.22. The number of hydrogen-bond donors (Lipinski definition) is 1. The van der Waals surface area contributed by atoms with E-state index in [1.165, 1.54) is 0 Å². The number of likely N-dealkylation sites (tertiary alicyclic amines) is 1. The molecule has 12 heavy (non-hydrogen) atoms. The van der Waals surface area contributed by atoms with Gasteiger partial charge in [0.15, 0.2) is 0 Å². The van der Waals surface area contributed by atoms with Crippen molar-refractivity contribution in [3.05, 3.63) is 0 Å². The molecule has 1 unspecified atom stereocenters. The van der Waals surface area contributed by atoms with Crippen molar-refractivity contribution in [2.75, 3.05) is 26.3 Å². The molecule has 1 atom stereocenters. The molecule has 1 aliphatic heterocycles. The highest BCUT2D eigenvalue weighted by atomic mass is 19.1. The lowest BCUT2D eigenvalue weighted by molar-refractivity contribution is -0.147. The normalized spacial score (nSPS) is 30.8. The van der Waals surface area contributed by atoms with Gasteiger partial charge in [0.1, 0.15) is 6.67 Å². The van der Waals surface area contributed by atoms with Gasteiger partial charge in [0.05, 0.1) is 5.41 Å². The van der Waals surface area contributed by atoms with Crippen LogP contribution in [0, 0.1) is 5.41 Å². The lowest BCUT2D eigenvalue weighted by Gasteiger charge is -2.18. The number of aliphatic carboxylic acids is 1. The number of nitrogens with zero attached hydrogens (tertiary/aromatic N) is 1. The average molecular weight is 175 g/mol. The van der Waals surface area contributed by atoms with Crippen LogP contribution in [0.3, 0.4) is 0 Å². The highest BCUT2D eigenvalue weighted by Crippen LogP contribution is 2.29. The van der Waals surface area contributed by atoms with Crippen LogP contribution in [0.4, 0.5) is 4.39 Å². The van der Waals surface area contributed by atoms with Gasteiger partial charge in [-0.25, -0.2) is 4.39 Å². The molecule has 1 fully saturated rings. The standard InChI is InChI=1S/C8H14FNO2/c1-8(7(11)12)2-4-10(6-8)5-3-9/h2-6H2,1H3,(H,11,12). The van der Waals surface area contributed by atoms with Crippen molar-refractivity contribution in [3.63, 3.8) is 0 Å². The van der Waals surface area contributed by atoms with Crippen molar-refractivity contribution in [2.24, 2.45) is 5.41 Å². The lowest BCUT2D eigenvalue weighted by Crippen LogP contribution is -2.32. The van der Waals surface area contributed by atoms with Gasteiger partial charge in [-0.2, -0.15) is 0 Å². The molecule has 4 heteroatoms. The SMILES string of the molecule is CC1(C(=O)O)CCN(CCF)C1. The second-order valence-electron chi connectivity index (χ2n) is 3.58. The van der Waals surface area contributed by atoms with Gasteiger partial charge >= 0.3 is 5.97 Å². The summed E-state index contributed by atoms with van der Waals surface area (Å²) >= 11 is 0. The van der Waals surface area contributed by atoms with Gasteiger partial charge in [0.2, 0.25) is 0 Å². The van der Waals surface area contributed by atoms with Crippen molar-refractivity contribution < 1.29 is 14.3 Å². The molecule has 0 aromatic heterocycles. The monoisotopic (exact) mass is 175 g/mol. The van der Waals surface area contributed by atoms with Gasteiger partial charge < -0.3 is 5.11 Å². The summed E-state index contributed by atoms with van der Waals surface area (Å²) in [6.07, 6.45) is 0.627. The Morgan fingerprint density at radius 3 is 2.83 bits per heavy atom. The Kier molecular flexibility index (Phi) is 2.67. The molecule has 0 aromatic carbocycles. The summed E-state index contributed by atoms with van der Waals surface area (Å²) in [4.78, 5) is 12.6. The third-order valence-corrected chi connectivity index (χ3v) is 2.47. The summed E-state index contributed by atoms with van der Waals surface area (Å²) in [5, 5.41) is 8.84. The van der Waals surface area contributed by atoms with E-state index in [-0.39, 0.29) is 0 Å². The van der Waals surface area contributed by atoms with Crippen LogP contribution >= 0.6 is 0 Å². The Bertz CT molecular complexity index is 186. The summed E-state index contributed by atoms with van der Waals surface area (Å²) in [7, 11) is 0. The fourth-order valence-electron chi connectivity index (χ4n) is 1.54. The summed E-state index contributed by atoms with van der Waals surface area (Å²) in [6, 6.07) is 0. The first-order valence-electron chi connectivity index (χ1n) is 4.10. The quantitative estimate of drug-likeness (QED) is 0.688. The number of hydrogen-bond acceptors (Lipinski definition) is 2. The molecule has 3 nitrogen and oxygen atoms in total. The molecular formula is C8H14FNO2. The van der Waals surface area contributed by atoms with E-state index in [4.69, 9.17) is 5.11 Å². The number of halogens is 1. The molecule has 0 spiro atoms. The molecule has 0 saturated carbocycles. The molecular weight excluding hydrogens is 161 g/mol. The van der Waals surface area contributed by atoms with Crippen molar-refractivity contribution >= 4 is 5.97 Å². The predicted octanol–water partition coefficient (Wildman–Crippen LogP) is 0.753. The smallest absolute Gasteiger partial charge is 0.310 e. The number of carboxylic acids is 1. The van der Waals surface area contributed by atoms with Crippen molar-refractivity contribution in [2.45, 2.75) is 13.3 Å². The van der Waals surface area contributed by atoms with E-state index < -0.39 is 18.1 Å². The third kappa shape index (κ3) is 1.75. The Morgan fingerprint density at radius 2 is 2.42 bits per heavy atom. The van der Waals surface area contributed by atoms with Gasteiger partial charge in [0, 0.05) is 13.1 Å². The lowest BCUT2D eigenvalue weighted by atomic mass is 9.90. The molecule has 1 saturated heterocycles. The van der Waals surface area contributed by atoms with E-state index in [9.17, 15) is 9.18 Å². The van der Waals surface area contributed by atoms with Crippen LogP contribution < -0.4 is 0 Å². The van der Waals surface area contributed by atoms with E-state index in [2.05, 4.69) is 0 Å². The minimum absolute atomic E-state index is 0.364. The van der Waals surface area contributed by atoms with Gasteiger partial charge in [0.25, 0.3) is 0 Å². The largest absolute Gasteiger partial charge is 0.481 e. The van der Waals surface area contributed by atoms with E-state index in [1.54, 1.807) is 6.92 Å². The molecule has 0 aliphatic carbocycles. The Labute approximate surface area is 71.2 Å². The Hall–Kier alpha value is -0.640. The van der Waals surface area contributed by atoms with E-state index >= 15 is 0 Å². The molecule has 1 aliphatic rings. The Morgan fingerprint density at radius 1 is 1.75 bits per heavy atom. The van der Waals surface area contributed by atoms with Gasteiger partial charge in [-0.05, 0) is 19.9 Å². The minimum Gasteiger partial charge on any atom is -0.481 e. The summed E-state index contributed by atoms with van der Waals surface area (Å²) < 4.78 is 11.9. The second kappa shape index (κ2) is 3.39. The summed E-state index contributed by atoms with van der Waals surface area (Å²) in [6.45, 7) is 2.87. The highest BCUT2D eigenvalue weighted by molar-refractivity contribution is 5.74. The number of alkyl halides is 1. The van der Waals surface area contributed by atoms with Crippen LogP contribution in [0.5, 0.6) is 0 Å². The topological polar surface area (TPSA) is 40.5 Å². The second-order valence-corrected chi connectivity index (χ2v) is 3.58. The van der Waals surface area contributed by atoms with E-state index in [1.807, 2.05) is 4.90 Å². The molecule has 0 amide bonds. The first-order valence-corrected chi connectivity index (χ1v) is 4.10. The fourth-order valence-corrected chi connectivity index (χ4v) is 1.54. The summed E-state index contributed by atoms with van der Waals surface area (Å²) in [5.74, 6) is -0.774. The molecule has 1 rings (SSSR count). The van der Waals surface area contributed by atoms with Crippen molar-refractivity contribution in [1.29, 1.82) is 0 Å². The van der Waals surface area contributed by atoms with Crippen molar-refractivity contribution in [1.82, 2.24) is 4.90 Å². The highest BCUT2D eigenvalue weighted by Gasteiger charge is 2.39. The van der Waals surface area contributed by atoms with E-state index in [0.29, 0.717) is 26.1 Å². The fraction of sp³-hybridized carbons (Fsp3) is 0.875. The maximum absolute atomic E-state index is 11.9. The van der Waals surface area contributed by atoms with Crippen molar-refractivity contribution in [3.8, 4) is 0 Å². The zero-order valence-corrected chi connectivity index (χ0v) is 7.22. The zero-order chi connectivity index (χ0) is 9.19. The maximum Gasteiger partial charge on any atom is 0.310 e. The molecule has 1 heterocycles. The van der Waals surface area contributed by atoms with Gasteiger partial charge in [-0.1, -0.05) is 0 Å². The maximum atomic E-state index is 11.9. The van der Waals surface area contributed by atoms with Crippen LogP contribution in [-0.4, -0.2) is 42.3 Å². The van der Waals surface area contributed by atoms with Gasteiger partial charge in [-0.3, -0.25) is 9.69 Å². The van der Waals surface area contributed by atoms with Crippen LogP contribution in [0.2, 0.25) is 0 Å². The molecule has 0 bridgehead atoms. The van der Waals surface area contributed by atoms with Crippen LogP contribution in [0.15, 0.2) is 0 Å². The minimum atomic E-state index is -0.774.